The third-order valence-corrected chi connectivity index (χ3v) is 4.46. The molecule has 3 heterocycles. The minimum atomic E-state index is -0.142. The summed E-state index contributed by atoms with van der Waals surface area (Å²) < 4.78 is 1.85. The van der Waals surface area contributed by atoms with E-state index in [-0.39, 0.29) is 5.56 Å². The van der Waals surface area contributed by atoms with Crippen molar-refractivity contribution in [3.05, 3.63) is 82.4 Å². The molecule has 0 spiro atoms. The molecule has 0 saturated heterocycles. The van der Waals surface area contributed by atoms with Crippen LogP contribution in [0.1, 0.15) is 17.1 Å². The van der Waals surface area contributed by atoms with Gasteiger partial charge in [0.2, 0.25) is 5.95 Å². The Hall–Kier alpha value is -3.81. The van der Waals surface area contributed by atoms with E-state index in [2.05, 4.69) is 43.3 Å². The molecular formula is C21H21N7O. The largest absolute Gasteiger partial charge is 0.354 e. The van der Waals surface area contributed by atoms with Gasteiger partial charge in [-0.15, -0.1) is 0 Å². The van der Waals surface area contributed by atoms with Gasteiger partial charge < -0.3 is 10.3 Å². The molecule has 8 heteroatoms. The van der Waals surface area contributed by atoms with Crippen LogP contribution in [0, 0.1) is 13.8 Å². The number of para-hydroxylation sites is 1. The molecule has 29 heavy (non-hydrogen) atoms. The fraction of sp³-hybridized carbons (Fsp3) is 0.190. The number of hydrogen-bond donors (Lipinski definition) is 2. The number of H-pyrrole nitrogens is 1. The van der Waals surface area contributed by atoms with E-state index in [0.717, 1.165) is 22.5 Å². The summed E-state index contributed by atoms with van der Waals surface area (Å²) >= 11 is 0. The smallest absolute Gasteiger partial charge is 0.251 e. The van der Waals surface area contributed by atoms with Crippen molar-refractivity contribution in [2.45, 2.75) is 20.3 Å². The van der Waals surface area contributed by atoms with E-state index in [0.29, 0.717) is 30.4 Å². The van der Waals surface area contributed by atoms with Gasteiger partial charge in [-0.3, -0.25) is 4.79 Å². The van der Waals surface area contributed by atoms with E-state index in [1.165, 1.54) is 6.07 Å². The second-order valence-electron chi connectivity index (χ2n) is 6.74. The Kier molecular flexibility index (Phi) is 5.15. The van der Waals surface area contributed by atoms with E-state index < -0.39 is 0 Å². The van der Waals surface area contributed by atoms with Gasteiger partial charge >= 0.3 is 0 Å². The topological polar surface area (TPSA) is 101 Å². The maximum absolute atomic E-state index is 11.5. The number of nitrogens with one attached hydrogen (secondary N) is 2. The van der Waals surface area contributed by atoms with Crippen LogP contribution in [-0.4, -0.2) is 36.3 Å². The predicted octanol–water partition coefficient (Wildman–Crippen LogP) is 2.68. The van der Waals surface area contributed by atoms with Crippen molar-refractivity contribution in [1.82, 2.24) is 29.7 Å². The van der Waals surface area contributed by atoms with E-state index in [4.69, 9.17) is 0 Å². The van der Waals surface area contributed by atoms with Crippen LogP contribution in [0.25, 0.3) is 16.9 Å². The van der Waals surface area contributed by atoms with Crippen molar-refractivity contribution in [1.29, 1.82) is 0 Å². The summed E-state index contributed by atoms with van der Waals surface area (Å²) in [6, 6.07) is 11.4. The summed E-state index contributed by atoms with van der Waals surface area (Å²) in [5, 5.41) is 7.64. The lowest BCUT2D eigenvalue weighted by molar-refractivity contribution is 0.858. The van der Waals surface area contributed by atoms with Crippen LogP contribution in [0.15, 0.2) is 59.8 Å². The summed E-state index contributed by atoms with van der Waals surface area (Å²) in [6.45, 7) is 4.41. The highest BCUT2D eigenvalue weighted by Crippen LogP contribution is 2.20. The fourth-order valence-electron chi connectivity index (χ4n) is 3.06. The van der Waals surface area contributed by atoms with E-state index in [9.17, 15) is 4.79 Å². The molecule has 2 N–H and O–H groups in total. The monoisotopic (exact) mass is 387 g/mol. The molecule has 4 rings (SSSR count). The first-order chi connectivity index (χ1) is 14.1. The van der Waals surface area contributed by atoms with Gasteiger partial charge in [0.15, 0.2) is 0 Å². The Morgan fingerprint density at radius 2 is 2.00 bits per heavy atom. The Morgan fingerprint density at radius 1 is 1.14 bits per heavy atom. The van der Waals surface area contributed by atoms with Crippen molar-refractivity contribution in [3.63, 3.8) is 0 Å². The normalized spacial score (nSPS) is 10.8. The molecule has 0 unspecified atom stereocenters. The summed E-state index contributed by atoms with van der Waals surface area (Å²) in [5.41, 5.74) is 4.43. The van der Waals surface area contributed by atoms with Gasteiger partial charge in [0.25, 0.3) is 5.56 Å². The summed E-state index contributed by atoms with van der Waals surface area (Å²) in [7, 11) is 0. The number of hydrogen-bond acceptors (Lipinski definition) is 6. The molecule has 0 saturated carbocycles. The number of rotatable bonds is 6. The molecule has 3 aromatic heterocycles. The third-order valence-electron chi connectivity index (χ3n) is 4.46. The molecule has 0 atom stereocenters. The van der Waals surface area contributed by atoms with E-state index in [1.54, 1.807) is 19.3 Å². The lowest BCUT2D eigenvalue weighted by Crippen LogP contribution is -2.15. The van der Waals surface area contributed by atoms with Crippen molar-refractivity contribution < 1.29 is 0 Å². The first-order valence-corrected chi connectivity index (χ1v) is 9.33. The predicted molar refractivity (Wildman–Crippen MR) is 111 cm³/mol. The number of nitrogens with zero attached hydrogens (tertiary/aromatic N) is 5. The van der Waals surface area contributed by atoms with Crippen molar-refractivity contribution >= 4 is 5.95 Å². The van der Waals surface area contributed by atoms with Crippen LogP contribution < -0.4 is 10.9 Å². The number of aryl methyl sites for hydroxylation is 2. The minimum Gasteiger partial charge on any atom is -0.354 e. The molecule has 1 aromatic carbocycles. The number of benzene rings is 1. The summed E-state index contributed by atoms with van der Waals surface area (Å²) in [5.74, 6) is 1.15. The van der Waals surface area contributed by atoms with Crippen LogP contribution in [0.5, 0.6) is 0 Å². The Morgan fingerprint density at radius 3 is 2.83 bits per heavy atom. The van der Waals surface area contributed by atoms with Crippen LogP contribution in [-0.2, 0) is 6.42 Å². The van der Waals surface area contributed by atoms with Gasteiger partial charge in [0.05, 0.1) is 17.6 Å². The van der Waals surface area contributed by atoms with Crippen molar-refractivity contribution in [2.24, 2.45) is 0 Å². The van der Waals surface area contributed by atoms with Gasteiger partial charge in [0, 0.05) is 42.7 Å². The van der Waals surface area contributed by atoms with E-state index in [1.807, 2.05) is 35.1 Å². The molecule has 8 nitrogen and oxygen atoms in total. The van der Waals surface area contributed by atoms with Crippen LogP contribution in [0.4, 0.5) is 5.95 Å². The second kappa shape index (κ2) is 8.05. The minimum absolute atomic E-state index is 0.142. The molecule has 0 aliphatic heterocycles. The number of anilines is 1. The van der Waals surface area contributed by atoms with Crippen LogP contribution >= 0.6 is 0 Å². The highest BCUT2D eigenvalue weighted by atomic mass is 16.1. The molecule has 0 fully saturated rings. The van der Waals surface area contributed by atoms with Gasteiger partial charge in [-0.05, 0) is 31.5 Å². The summed E-state index contributed by atoms with van der Waals surface area (Å²) in [6.07, 6.45) is 6.02. The van der Waals surface area contributed by atoms with Crippen molar-refractivity contribution in [2.75, 3.05) is 11.9 Å². The molecule has 0 amide bonds. The van der Waals surface area contributed by atoms with Gasteiger partial charge in [0.1, 0.15) is 5.82 Å². The maximum Gasteiger partial charge on any atom is 0.251 e. The van der Waals surface area contributed by atoms with Gasteiger partial charge in [-0.1, -0.05) is 18.2 Å². The molecule has 0 aliphatic carbocycles. The zero-order valence-corrected chi connectivity index (χ0v) is 16.3. The lowest BCUT2D eigenvalue weighted by Gasteiger charge is -2.06. The number of aromatic nitrogens is 6. The molecule has 0 aliphatic rings. The first-order valence-electron chi connectivity index (χ1n) is 9.33. The van der Waals surface area contributed by atoms with E-state index >= 15 is 0 Å². The standard InChI is InChI=1S/C21H21N7O/c1-14-5-3-4-6-18(14)28-13-16(12-24-28)17-7-9-22-21(26-17)23-10-8-19-25-15(2)11-20(29)27-19/h3-7,9,11-13H,8,10H2,1-2H3,(H,22,23,26)(H,25,27,29). The fourth-order valence-corrected chi connectivity index (χ4v) is 3.06. The average molecular weight is 387 g/mol. The molecule has 0 radical (unpaired) electrons. The SMILES string of the molecule is Cc1cc(=O)[nH]c(CCNc2nccc(-c3cnn(-c4ccccc4C)c3)n2)n1. The Bertz CT molecular complexity index is 1200. The molecule has 0 bridgehead atoms. The van der Waals surface area contributed by atoms with Crippen molar-refractivity contribution in [3.8, 4) is 16.9 Å². The molecule has 146 valence electrons. The highest BCUT2D eigenvalue weighted by molar-refractivity contribution is 5.59. The van der Waals surface area contributed by atoms with Gasteiger partial charge in [-0.2, -0.15) is 5.10 Å². The van der Waals surface area contributed by atoms with Crippen LogP contribution in [0.3, 0.4) is 0 Å². The maximum atomic E-state index is 11.5. The lowest BCUT2D eigenvalue weighted by atomic mass is 10.2. The average Bonchev–Trinajstić information content (AvgIpc) is 3.18. The quantitative estimate of drug-likeness (QED) is 0.527. The highest BCUT2D eigenvalue weighted by Gasteiger charge is 2.08. The molecule has 4 aromatic rings. The summed E-state index contributed by atoms with van der Waals surface area (Å²) in [4.78, 5) is 27.4. The van der Waals surface area contributed by atoms with Crippen LogP contribution in [0.2, 0.25) is 0 Å². The van der Waals surface area contributed by atoms with Gasteiger partial charge in [-0.25, -0.2) is 19.6 Å². The zero-order valence-electron chi connectivity index (χ0n) is 16.3. The number of aromatic amines is 1. The first kappa shape index (κ1) is 18.5. The Labute approximate surface area is 167 Å². The third kappa shape index (κ3) is 4.37. The second-order valence-corrected chi connectivity index (χ2v) is 6.74. The molecular weight excluding hydrogens is 366 g/mol. The Balaban J connectivity index is 1.46. The zero-order chi connectivity index (χ0) is 20.2.